The fourth-order valence-corrected chi connectivity index (χ4v) is 7.12. The zero-order chi connectivity index (χ0) is 28.6. The molecule has 5 heteroatoms. The molecule has 3 aromatic rings. The Morgan fingerprint density at radius 2 is 0.829 bits per heavy atom. The summed E-state index contributed by atoms with van der Waals surface area (Å²) < 4.78 is 0. The minimum atomic E-state index is 0. The minimum absolute atomic E-state index is 0. The number of aromatic nitrogens is 4. The van der Waals surface area contributed by atoms with Gasteiger partial charge in [0.05, 0.1) is 22.8 Å². The van der Waals surface area contributed by atoms with Crippen molar-refractivity contribution < 1.29 is 16.8 Å². The molecule has 0 spiro atoms. The third-order valence-corrected chi connectivity index (χ3v) is 8.93. The van der Waals surface area contributed by atoms with Gasteiger partial charge in [0.25, 0.3) is 0 Å². The van der Waals surface area contributed by atoms with Gasteiger partial charge in [-0.15, -0.1) is 0 Å². The summed E-state index contributed by atoms with van der Waals surface area (Å²) in [5, 5.41) is 0. The van der Waals surface area contributed by atoms with Crippen LogP contribution in [0.25, 0.3) is 45.4 Å². The third kappa shape index (κ3) is 5.16. The van der Waals surface area contributed by atoms with Crippen molar-refractivity contribution in [1.29, 1.82) is 0 Å². The van der Waals surface area contributed by atoms with E-state index in [-0.39, 0.29) is 16.8 Å². The Bertz CT molecular complexity index is 1560. The van der Waals surface area contributed by atoms with E-state index in [2.05, 4.69) is 89.6 Å². The molecule has 8 bridgehead atoms. The van der Waals surface area contributed by atoms with Crippen molar-refractivity contribution >= 4 is 45.4 Å². The van der Waals surface area contributed by atoms with Crippen LogP contribution in [-0.4, -0.2) is 19.9 Å². The van der Waals surface area contributed by atoms with Crippen molar-refractivity contribution in [3.05, 3.63) is 68.3 Å². The van der Waals surface area contributed by atoms with Gasteiger partial charge < -0.3 is 9.97 Å². The molecule has 4 nitrogen and oxygen atoms in total. The molecule has 2 N–H and O–H groups in total. The summed E-state index contributed by atoms with van der Waals surface area (Å²) in [7, 11) is 0. The van der Waals surface area contributed by atoms with Gasteiger partial charge >= 0.3 is 0 Å². The zero-order valence-electron chi connectivity index (χ0n) is 26.2. The second-order valence-electron chi connectivity index (χ2n) is 10.9. The van der Waals surface area contributed by atoms with Crippen LogP contribution in [0, 0.1) is 0 Å². The number of hydrogen-bond donors (Lipinski definition) is 2. The van der Waals surface area contributed by atoms with E-state index in [0.717, 1.165) is 62.8 Å². The first-order valence-electron chi connectivity index (χ1n) is 15.7. The van der Waals surface area contributed by atoms with Crippen LogP contribution in [0.4, 0.5) is 0 Å². The zero-order valence-corrected chi connectivity index (χ0v) is 27.2. The molecule has 3 aromatic heterocycles. The van der Waals surface area contributed by atoms with Gasteiger partial charge in [0, 0.05) is 50.0 Å². The van der Waals surface area contributed by atoms with Crippen molar-refractivity contribution in [3.63, 3.8) is 0 Å². The van der Waals surface area contributed by atoms with Gasteiger partial charge in [-0.05, 0) is 109 Å². The van der Waals surface area contributed by atoms with Gasteiger partial charge in [-0.1, -0.05) is 55.4 Å². The number of aromatic amines is 2. The molecule has 5 heterocycles. The van der Waals surface area contributed by atoms with E-state index in [1.165, 1.54) is 78.0 Å². The molecule has 0 aliphatic carbocycles. The number of rotatable bonds is 8. The van der Waals surface area contributed by atoms with E-state index >= 15 is 0 Å². The Morgan fingerprint density at radius 3 is 1.15 bits per heavy atom. The Hall–Kier alpha value is -2.89. The summed E-state index contributed by atoms with van der Waals surface area (Å²) in [4.78, 5) is 18.4. The van der Waals surface area contributed by atoms with Crippen LogP contribution in [0.5, 0.6) is 0 Å². The van der Waals surface area contributed by atoms with Gasteiger partial charge in [-0.3, -0.25) is 0 Å². The molecule has 2 aliphatic heterocycles. The predicted octanol–water partition coefficient (Wildman–Crippen LogP) is 9.59. The minimum Gasteiger partial charge on any atom is -0.355 e. The smallest absolute Gasteiger partial charge is 0.0725 e. The van der Waals surface area contributed by atoms with E-state index in [9.17, 15) is 0 Å². The number of aryl methyl sites for hydroxylation is 6. The number of hydrogen-bond acceptors (Lipinski definition) is 2. The Kier molecular flexibility index (Phi) is 9.81. The average molecular weight is 594 g/mol. The second-order valence-corrected chi connectivity index (χ2v) is 10.9. The molecule has 2 aliphatic rings. The van der Waals surface area contributed by atoms with Crippen molar-refractivity contribution in [2.24, 2.45) is 0 Å². The largest absolute Gasteiger partial charge is 0.355 e. The maximum absolute atomic E-state index is 5.58. The SMILES string of the molecule is CCC1=C(CC)c2nc1c(CC)c1[nH]c(cc3nc(cc4[nH]c(c2CC)c(CC)c4CC)C=C3)c(CC)c1CC.[Co]. The van der Waals surface area contributed by atoms with Crippen LogP contribution in [0.3, 0.4) is 0 Å². The van der Waals surface area contributed by atoms with Crippen molar-refractivity contribution in [2.75, 3.05) is 0 Å². The number of H-pyrrole nitrogens is 2. The number of fused-ring (bicyclic) bond motifs is 8. The monoisotopic (exact) mass is 593 g/mol. The van der Waals surface area contributed by atoms with Crippen LogP contribution in [0.1, 0.15) is 124 Å². The van der Waals surface area contributed by atoms with E-state index in [0.29, 0.717) is 0 Å². The fraction of sp³-hybridized carbons (Fsp3) is 0.444. The van der Waals surface area contributed by atoms with Gasteiger partial charge in [0.1, 0.15) is 0 Å². The summed E-state index contributed by atoms with van der Waals surface area (Å²) in [5.74, 6) is 0. The van der Waals surface area contributed by atoms with Crippen LogP contribution < -0.4 is 0 Å². The third-order valence-electron chi connectivity index (χ3n) is 8.93. The van der Waals surface area contributed by atoms with Crippen molar-refractivity contribution in [2.45, 2.75) is 107 Å². The van der Waals surface area contributed by atoms with Gasteiger partial charge in [0.2, 0.25) is 0 Å². The van der Waals surface area contributed by atoms with E-state index in [4.69, 9.17) is 9.97 Å². The molecule has 0 atom stereocenters. The normalized spacial score (nSPS) is 12.8. The van der Waals surface area contributed by atoms with E-state index < -0.39 is 0 Å². The molecule has 0 aromatic carbocycles. The molecule has 0 saturated heterocycles. The maximum Gasteiger partial charge on any atom is 0.0725 e. The van der Waals surface area contributed by atoms with E-state index in [1.807, 2.05) is 0 Å². The van der Waals surface area contributed by atoms with Gasteiger partial charge in [-0.2, -0.15) is 0 Å². The van der Waals surface area contributed by atoms with Crippen molar-refractivity contribution in [3.8, 4) is 0 Å². The summed E-state index contributed by atoms with van der Waals surface area (Å²) in [6, 6.07) is 4.47. The molecule has 219 valence electrons. The van der Waals surface area contributed by atoms with Crippen LogP contribution in [0.15, 0.2) is 12.1 Å². The molecular formula is C36H46CoN4. The predicted molar refractivity (Wildman–Crippen MR) is 174 cm³/mol. The molecule has 0 fully saturated rings. The molecule has 0 saturated carbocycles. The summed E-state index contributed by atoms with van der Waals surface area (Å²) in [6.45, 7) is 18.3. The first-order valence-corrected chi connectivity index (χ1v) is 15.7. The maximum atomic E-state index is 5.58. The summed E-state index contributed by atoms with van der Waals surface area (Å²) in [5.41, 5.74) is 20.4. The standard InChI is InChI=1S/C36H46N4.Co/c1-9-23-25(11-3)33-29(15-7)35-27(13-5)28(14-6)36(40-35)30(16-8)34-26(12-4)24(10-2)32(39-34)20-22-18-17-21(37-22)19-31(23)38-33;/h17-20,38-39H,9-16H2,1-8H3;. The molecule has 0 amide bonds. The van der Waals surface area contributed by atoms with Crippen LogP contribution in [0.2, 0.25) is 0 Å². The van der Waals surface area contributed by atoms with Gasteiger partial charge in [0.15, 0.2) is 0 Å². The summed E-state index contributed by atoms with van der Waals surface area (Å²) in [6.07, 6.45) is 12.1. The van der Waals surface area contributed by atoms with Crippen molar-refractivity contribution in [1.82, 2.24) is 19.9 Å². The second kappa shape index (κ2) is 13.0. The molecular weight excluding hydrogens is 547 g/mol. The van der Waals surface area contributed by atoms with E-state index in [1.54, 1.807) is 0 Å². The Morgan fingerprint density at radius 1 is 0.463 bits per heavy atom. The number of nitrogens with zero attached hydrogens (tertiary/aromatic N) is 2. The molecule has 1 radical (unpaired) electrons. The van der Waals surface area contributed by atoms with Gasteiger partial charge in [-0.25, -0.2) is 9.97 Å². The first kappa shape index (κ1) is 31.1. The number of nitrogens with one attached hydrogen (secondary N) is 2. The molecule has 0 unspecified atom stereocenters. The first-order chi connectivity index (χ1) is 19.5. The molecule has 5 rings (SSSR count). The topological polar surface area (TPSA) is 57.4 Å². The van der Waals surface area contributed by atoms with Crippen LogP contribution in [-0.2, 0) is 55.3 Å². The van der Waals surface area contributed by atoms with Crippen LogP contribution >= 0.6 is 0 Å². The summed E-state index contributed by atoms with van der Waals surface area (Å²) >= 11 is 0. The molecule has 41 heavy (non-hydrogen) atoms. The number of allylic oxidation sites excluding steroid dienone is 2. The Balaban J connectivity index is 0.00000387. The average Bonchev–Trinajstić information content (AvgIpc) is 3.73. The Labute approximate surface area is 256 Å². The quantitative estimate of drug-likeness (QED) is 0.214. The fourth-order valence-electron chi connectivity index (χ4n) is 7.12.